The SMILES string of the molecule is COC(=O)c1ccc(Cl)cc1-c1ccc(C=Nc2sc3c(c2C#N)CC[C@H](C(C)(C)C)C3)o1. The summed E-state index contributed by atoms with van der Waals surface area (Å²) < 4.78 is 10.8. The fraction of sp³-hybridized carbons (Fsp3) is 0.346. The highest BCUT2D eigenvalue weighted by Crippen LogP contribution is 2.45. The van der Waals surface area contributed by atoms with Crippen molar-refractivity contribution in [1.29, 1.82) is 5.26 Å². The number of fused-ring (bicyclic) bond motifs is 1. The lowest BCUT2D eigenvalue weighted by atomic mass is 9.72. The quantitative estimate of drug-likeness (QED) is 0.291. The maximum absolute atomic E-state index is 12.1. The van der Waals surface area contributed by atoms with Gasteiger partial charge in [0.2, 0.25) is 0 Å². The predicted molar refractivity (Wildman–Crippen MR) is 132 cm³/mol. The summed E-state index contributed by atoms with van der Waals surface area (Å²) >= 11 is 7.73. The zero-order valence-electron chi connectivity index (χ0n) is 19.1. The molecule has 170 valence electrons. The van der Waals surface area contributed by atoms with Crippen LogP contribution in [0, 0.1) is 22.7 Å². The predicted octanol–water partition coefficient (Wildman–Crippen LogP) is 7.22. The number of furan rings is 1. The number of aliphatic imine (C=N–C) groups is 1. The monoisotopic (exact) mass is 480 g/mol. The van der Waals surface area contributed by atoms with Gasteiger partial charge >= 0.3 is 5.97 Å². The molecule has 1 aliphatic carbocycles. The van der Waals surface area contributed by atoms with Crippen molar-refractivity contribution in [2.75, 3.05) is 7.11 Å². The van der Waals surface area contributed by atoms with E-state index >= 15 is 0 Å². The number of hydrogen-bond acceptors (Lipinski definition) is 6. The van der Waals surface area contributed by atoms with Crippen LogP contribution in [0.25, 0.3) is 11.3 Å². The van der Waals surface area contributed by atoms with Crippen LogP contribution >= 0.6 is 22.9 Å². The van der Waals surface area contributed by atoms with Gasteiger partial charge < -0.3 is 9.15 Å². The van der Waals surface area contributed by atoms with Crippen molar-refractivity contribution >= 4 is 40.1 Å². The lowest BCUT2D eigenvalue weighted by molar-refractivity contribution is 0.0601. The summed E-state index contributed by atoms with van der Waals surface area (Å²) in [5.74, 6) is 1.13. The maximum atomic E-state index is 12.1. The van der Waals surface area contributed by atoms with E-state index in [9.17, 15) is 10.1 Å². The van der Waals surface area contributed by atoms with Gasteiger partial charge in [0.1, 0.15) is 22.6 Å². The molecule has 0 saturated carbocycles. The van der Waals surface area contributed by atoms with Gasteiger partial charge in [-0.25, -0.2) is 9.79 Å². The maximum Gasteiger partial charge on any atom is 0.338 e. The van der Waals surface area contributed by atoms with Crippen LogP contribution in [0.15, 0.2) is 39.7 Å². The standard InChI is InChI=1S/C26H25ClN2O3S/c1-26(2,3)15-5-8-18-21(13-28)24(33-23(18)11-15)29-14-17-7-10-22(32-17)20-12-16(27)6-9-19(20)25(30)31-4/h6-7,9-10,12,14-15H,5,8,11H2,1-4H3/t15-/m0/s1. The average Bonchev–Trinajstić information content (AvgIpc) is 3.40. The van der Waals surface area contributed by atoms with Gasteiger partial charge in [0.15, 0.2) is 0 Å². The summed E-state index contributed by atoms with van der Waals surface area (Å²) in [6.07, 6.45) is 4.62. The summed E-state index contributed by atoms with van der Waals surface area (Å²) in [5.41, 5.74) is 2.98. The lowest BCUT2D eigenvalue weighted by Crippen LogP contribution is -2.26. The van der Waals surface area contributed by atoms with Crippen molar-refractivity contribution in [3.05, 3.63) is 62.7 Å². The Hall–Kier alpha value is -2.88. The minimum atomic E-state index is -0.468. The second-order valence-corrected chi connectivity index (χ2v) is 10.8. The van der Waals surface area contributed by atoms with Crippen LogP contribution in [0.5, 0.6) is 0 Å². The van der Waals surface area contributed by atoms with Crippen molar-refractivity contribution in [1.82, 2.24) is 0 Å². The first-order chi connectivity index (χ1) is 15.7. The Morgan fingerprint density at radius 2 is 2.12 bits per heavy atom. The molecule has 4 rings (SSSR count). The Morgan fingerprint density at radius 3 is 2.82 bits per heavy atom. The van der Waals surface area contributed by atoms with Crippen LogP contribution in [0.1, 0.15) is 59.3 Å². The number of ether oxygens (including phenoxy) is 1. The first-order valence-corrected chi connectivity index (χ1v) is 12.0. The number of thiophene rings is 1. The largest absolute Gasteiger partial charge is 0.465 e. The molecular weight excluding hydrogens is 456 g/mol. The van der Waals surface area contributed by atoms with Gasteiger partial charge in [0.05, 0.1) is 24.5 Å². The molecule has 1 aliphatic rings. The van der Waals surface area contributed by atoms with Crippen LogP contribution < -0.4 is 0 Å². The van der Waals surface area contributed by atoms with E-state index in [1.165, 1.54) is 12.0 Å². The van der Waals surface area contributed by atoms with Gasteiger partial charge in [-0.05, 0) is 66.5 Å². The molecule has 33 heavy (non-hydrogen) atoms. The van der Waals surface area contributed by atoms with Gasteiger partial charge in [-0.3, -0.25) is 0 Å². The van der Waals surface area contributed by atoms with E-state index in [2.05, 4.69) is 31.8 Å². The second-order valence-electron chi connectivity index (χ2n) is 9.24. The Bertz CT molecular complexity index is 1270. The molecule has 3 aromatic rings. The Morgan fingerprint density at radius 1 is 1.33 bits per heavy atom. The molecule has 0 fully saturated rings. The first-order valence-electron chi connectivity index (χ1n) is 10.8. The molecule has 0 amide bonds. The molecule has 0 radical (unpaired) electrons. The third-order valence-electron chi connectivity index (χ3n) is 6.17. The molecule has 0 N–H and O–H groups in total. The number of nitrogens with zero attached hydrogens (tertiary/aromatic N) is 2. The van der Waals surface area contributed by atoms with Crippen LogP contribution in [0.3, 0.4) is 0 Å². The molecule has 0 saturated heterocycles. The summed E-state index contributed by atoms with van der Waals surface area (Å²) in [4.78, 5) is 18.0. The fourth-order valence-corrected chi connectivity index (χ4v) is 5.61. The highest BCUT2D eigenvalue weighted by molar-refractivity contribution is 7.16. The topological polar surface area (TPSA) is 75.6 Å². The number of hydrogen-bond donors (Lipinski definition) is 0. The van der Waals surface area contributed by atoms with E-state index in [4.69, 9.17) is 20.8 Å². The van der Waals surface area contributed by atoms with Crippen LogP contribution in [-0.2, 0) is 17.6 Å². The van der Waals surface area contributed by atoms with E-state index < -0.39 is 5.97 Å². The minimum absolute atomic E-state index is 0.242. The molecule has 2 heterocycles. The van der Waals surface area contributed by atoms with Crippen molar-refractivity contribution < 1.29 is 13.9 Å². The zero-order valence-corrected chi connectivity index (χ0v) is 20.6. The number of carbonyl (C=O) groups is 1. The van der Waals surface area contributed by atoms with E-state index in [0.29, 0.717) is 44.2 Å². The number of halogens is 1. The molecule has 0 unspecified atom stereocenters. The fourth-order valence-electron chi connectivity index (χ4n) is 4.21. The smallest absolute Gasteiger partial charge is 0.338 e. The third-order valence-corrected chi connectivity index (χ3v) is 7.57. The normalized spacial score (nSPS) is 15.9. The van der Waals surface area contributed by atoms with Crippen molar-refractivity contribution in [3.8, 4) is 17.4 Å². The number of methoxy groups -OCH3 is 1. The number of esters is 1. The zero-order chi connectivity index (χ0) is 23.8. The second kappa shape index (κ2) is 9.17. The van der Waals surface area contributed by atoms with Gasteiger partial charge in [0.25, 0.3) is 0 Å². The Labute approximate surface area is 202 Å². The van der Waals surface area contributed by atoms with E-state index in [-0.39, 0.29) is 5.41 Å². The molecule has 0 aliphatic heterocycles. The van der Waals surface area contributed by atoms with E-state index in [1.54, 1.807) is 47.9 Å². The van der Waals surface area contributed by atoms with Gasteiger partial charge in [-0.15, -0.1) is 11.3 Å². The third kappa shape index (κ3) is 4.75. The highest BCUT2D eigenvalue weighted by atomic mass is 35.5. The Kier molecular flexibility index (Phi) is 6.47. The summed E-state index contributed by atoms with van der Waals surface area (Å²) in [6, 6.07) is 10.8. The van der Waals surface area contributed by atoms with Crippen LogP contribution in [0.2, 0.25) is 5.02 Å². The molecule has 7 heteroatoms. The number of nitriles is 1. The Balaban J connectivity index is 1.62. The van der Waals surface area contributed by atoms with E-state index in [1.807, 2.05) is 0 Å². The average molecular weight is 481 g/mol. The molecule has 2 aromatic heterocycles. The van der Waals surface area contributed by atoms with Crippen molar-refractivity contribution in [2.24, 2.45) is 16.3 Å². The molecular formula is C26H25ClN2O3S. The summed E-state index contributed by atoms with van der Waals surface area (Å²) in [7, 11) is 1.33. The van der Waals surface area contributed by atoms with Crippen molar-refractivity contribution in [3.63, 3.8) is 0 Å². The molecule has 0 bridgehead atoms. The van der Waals surface area contributed by atoms with Crippen LogP contribution in [-0.4, -0.2) is 19.3 Å². The molecule has 5 nitrogen and oxygen atoms in total. The minimum Gasteiger partial charge on any atom is -0.465 e. The van der Waals surface area contributed by atoms with Gasteiger partial charge in [0, 0.05) is 15.5 Å². The van der Waals surface area contributed by atoms with Gasteiger partial charge in [-0.1, -0.05) is 32.4 Å². The number of rotatable bonds is 4. The first kappa shape index (κ1) is 23.3. The highest BCUT2D eigenvalue weighted by Gasteiger charge is 2.32. The lowest BCUT2D eigenvalue weighted by Gasteiger charge is -2.33. The molecule has 1 atom stereocenters. The van der Waals surface area contributed by atoms with E-state index in [0.717, 1.165) is 24.8 Å². The van der Waals surface area contributed by atoms with Gasteiger partial charge in [-0.2, -0.15) is 5.26 Å². The van der Waals surface area contributed by atoms with Crippen molar-refractivity contribution in [2.45, 2.75) is 40.0 Å². The molecule has 0 spiro atoms. The summed E-state index contributed by atoms with van der Waals surface area (Å²) in [5, 5.41) is 11.0. The van der Waals surface area contributed by atoms with Crippen LogP contribution in [0.4, 0.5) is 5.00 Å². The number of carbonyl (C=O) groups excluding carboxylic acids is 1. The number of benzene rings is 1. The molecule has 1 aromatic carbocycles. The summed E-state index contributed by atoms with van der Waals surface area (Å²) in [6.45, 7) is 6.83.